The van der Waals surface area contributed by atoms with Gasteiger partial charge < -0.3 is 19.6 Å². The van der Waals surface area contributed by atoms with Gasteiger partial charge in [-0.2, -0.15) is 9.61 Å². The van der Waals surface area contributed by atoms with Gasteiger partial charge in [-0.25, -0.2) is 9.78 Å². The number of amides is 1. The molecule has 9 heteroatoms. The molecule has 2 aliphatic heterocycles. The maximum absolute atomic E-state index is 12.5. The number of hydrogen-bond acceptors (Lipinski definition) is 6. The van der Waals surface area contributed by atoms with Gasteiger partial charge >= 0.3 is 12.1 Å². The van der Waals surface area contributed by atoms with Crippen molar-refractivity contribution in [3.05, 3.63) is 23.5 Å². The summed E-state index contributed by atoms with van der Waals surface area (Å²) in [4.78, 5) is 32.2. The van der Waals surface area contributed by atoms with Crippen LogP contribution in [0, 0.1) is 5.92 Å². The van der Waals surface area contributed by atoms with Crippen LogP contribution in [0.25, 0.3) is 5.65 Å². The van der Waals surface area contributed by atoms with Gasteiger partial charge in [-0.15, -0.1) is 0 Å². The van der Waals surface area contributed by atoms with Crippen molar-refractivity contribution in [2.24, 2.45) is 5.92 Å². The molecule has 1 fully saturated rings. The normalized spacial score (nSPS) is 17.6. The first-order valence-corrected chi connectivity index (χ1v) is 10.0. The Morgan fingerprint density at radius 1 is 1.24 bits per heavy atom. The molecule has 4 rings (SSSR count). The lowest BCUT2D eigenvalue weighted by Crippen LogP contribution is -2.49. The molecular weight excluding hydrogens is 374 g/mol. The van der Waals surface area contributed by atoms with Crippen molar-refractivity contribution < 1.29 is 19.4 Å². The number of carbonyl (C=O) groups excluding carboxylic acids is 1. The molecular formula is C20H27N5O4. The second-order valence-electron chi connectivity index (χ2n) is 8.80. The molecule has 1 saturated heterocycles. The van der Waals surface area contributed by atoms with Crippen LogP contribution in [-0.2, 0) is 22.4 Å². The van der Waals surface area contributed by atoms with E-state index >= 15 is 0 Å². The molecule has 0 spiro atoms. The second-order valence-corrected chi connectivity index (χ2v) is 8.80. The third-order valence-corrected chi connectivity index (χ3v) is 5.31. The van der Waals surface area contributed by atoms with E-state index in [4.69, 9.17) is 14.8 Å². The molecule has 2 aliphatic rings. The Morgan fingerprint density at radius 3 is 2.66 bits per heavy atom. The smallest absolute Gasteiger partial charge is 0.410 e. The van der Waals surface area contributed by atoms with Crippen LogP contribution in [-0.4, -0.2) is 68.4 Å². The molecule has 9 nitrogen and oxygen atoms in total. The number of rotatable bonds is 3. The fourth-order valence-corrected chi connectivity index (χ4v) is 4.02. The highest BCUT2D eigenvalue weighted by Gasteiger charge is 2.34. The number of nitrogens with zero attached hydrogens (tertiary/aromatic N) is 5. The minimum atomic E-state index is -0.763. The highest BCUT2D eigenvalue weighted by atomic mass is 16.6. The lowest BCUT2D eigenvalue weighted by molar-refractivity contribution is -0.138. The second kappa shape index (κ2) is 7.20. The zero-order valence-electron chi connectivity index (χ0n) is 17.1. The maximum Gasteiger partial charge on any atom is 0.410 e. The summed E-state index contributed by atoms with van der Waals surface area (Å²) in [5.41, 5.74) is 2.30. The molecule has 29 heavy (non-hydrogen) atoms. The fraction of sp³-hybridized carbons (Fsp3) is 0.600. The third-order valence-electron chi connectivity index (χ3n) is 5.31. The highest BCUT2D eigenvalue weighted by molar-refractivity contribution is 5.69. The van der Waals surface area contributed by atoms with Crippen molar-refractivity contribution in [1.29, 1.82) is 0 Å². The van der Waals surface area contributed by atoms with Gasteiger partial charge in [0, 0.05) is 50.1 Å². The molecule has 1 amide bonds. The molecule has 0 bridgehead atoms. The quantitative estimate of drug-likeness (QED) is 0.839. The molecule has 0 aliphatic carbocycles. The molecule has 0 saturated carbocycles. The van der Waals surface area contributed by atoms with Crippen molar-refractivity contribution in [2.45, 2.75) is 45.6 Å². The van der Waals surface area contributed by atoms with E-state index in [1.165, 1.54) is 0 Å². The van der Waals surface area contributed by atoms with Gasteiger partial charge in [-0.1, -0.05) is 0 Å². The summed E-state index contributed by atoms with van der Waals surface area (Å²) in [7, 11) is 0. The first-order valence-electron chi connectivity index (χ1n) is 10.0. The van der Waals surface area contributed by atoms with Crippen molar-refractivity contribution in [3.63, 3.8) is 0 Å². The van der Waals surface area contributed by atoms with Crippen molar-refractivity contribution in [3.8, 4) is 0 Å². The maximum atomic E-state index is 12.5. The van der Waals surface area contributed by atoms with Gasteiger partial charge in [0.25, 0.3) is 0 Å². The van der Waals surface area contributed by atoms with Crippen LogP contribution < -0.4 is 4.90 Å². The van der Waals surface area contributed by atoms with E-state index < -0.39 is 11.6 Å². The number of hydrogen-bond donors (Lipinski definition) is 1. The average Bonchev–Trinajstić information content (AvgIpc) is 2.93. The minimum absolute atomic E-state index is 0.144. The lowest BCUT2D eigenvalue weighted by Gasteiger charge is -2.41. The number of carboxylic acid groups (broad SMARTS) is 1. The highest BCUT2D eigenvalue weighted by Crippen LogP contribution is 2.33. The van der Waals surface area contributed by atoms with Crippen molar-refractivity contribution >= 4 is 23.5 Å². The molecule has 0 radical (unpaired) electrons. The minimum Gasteiger partial charge on any atom is -0.481 e. The van der Waals surface area contributed by atoms with Crippen LogP contribution in [0.1, 0.15) is 38.4 Å². The van der Waals surface area contributed by atoms with E-state index in [9.17, 15) is 9.59 Å². The zero-order chi connectivity index (χ0) is 20.8. The largest absolute Gasteiger partial charge is 0.481 e. The van der Waals surface area contributed by atoms with Gasteiger partial charge in [0.05, 0.1) is 18.3 Å². The first-order chi connectivity index (χ1) is 13.7. The number of carboxylic acids is 1. The van der Waals surface area contributed by atoms with Gasteiger partial charge in [0.2, 0.25) is 0 Å². The molecule has 2 aromatic rings. The number of carbonyl (C=O) groups is 2. The summed E-state index contributed by atoms with van der Waals surface area (Å²) in [5.74, 6) is 0.356. The van der Waals surface area contributed by atoms with Crippen LogP contribution >= 0.6 is 0 Å². The van der Waals surface area contributed by atoms with E-state index in [0.29, 0.717) is 39.0 Å². The Hall–Kier alpha value is -2.84. The SMILES string of the molecule is CC(C)(C)OC(=O)N1CCc2nc3ccnn3c(N3CC(CC(=O)O)C3)c2CC1. The van der Waals surface area contributed by atoms with Gasteiger partial charge in [-0.3, -0.25) is 4.79 Å². The van der Waals surface area contributed by atoms with Crippen molar-refractivity contribution in [2.75, 3.05) is 31.1 Å². The fourth-order valence-electron chi connectivity index (χ4n) is 4.02. The number of aliphatic carboxylic acids is 1. The van der Waals surface area contributed by atoms with Crippen molar-refractivity contribution in [1.82, 2.24) is 19.5 Å². The summed E-state index contributed by atoms with van der Waals surface area (Å²) in [6, 6.07) is 1.87. The Kier molecular flexibility index (Phi) is 4.84. The third kappa shape index (κ3) is 3.99. The number of aromatic nitrogens is 3. The molecule has 2 aromatic heterocycles. The summed E-state index contributed by atoms with van der Waals surface area (Å²) in [5, 5.41) is 13.5. The van der Waals surface area contributed by atoms with E-state index in [-0.39, 0.29) is 18.4 Å². The number of anilines is 1. The van der Waals surface area contributed by atoms with E-state index in [2.05, 4.69) is 10.00 Å². The van der Waals surface area contributed by atoms with Crippen LogP contribution in [0.5, 0.6) is 0 Å². The number of fused-ring (bicyclic) bond motifs is 2. The summed E-state index contributed by atoms with van der Waals surface area (Å²) in [6.45, 7) is 8.08. The van der Waals surface area contributed by atoms with E-state index in [1.54, 1.807) is 11.1 Å². The monoisotopic (exact) mass is 401 g/mol. The van der Waals surface area contributed by atoms with E-state index in [1.807, 2.05) is 31.4 Å². The molecule has 4 heterocycles. The molecule has 0 unspecified atom stereocenters. The van der Waals surface area contributed by atoms with Crippen LogP contribution in [0.4, 0.5) is 10.6 Å². The summed E-state index contributed by atoms with van der Waals surface area (Å²) >= 11 is 0. The predicted molar refractivity (Wildman–Crippen MR) is 106 cm³/mol. The summed E-state index contributed by atoms with van der Waals surface area (Å²) in [6.07, 6.45) is 2.91. The van der Waals surface area contributed by atoms with Gasteiger partial charge in [0.15, 0.2) is 5.65 Å². The Labute approximate surface area is 169 Å². The standard InChI is InChI=1S/C20H27N5O4/c1-20(2,3)29-19(28)23-8-5-14-15(6-9-23)22-16-4-7-21-25(16)18(14)24-11-13(12-24)10-17(26)27/h4,7,13H,5-6,8-12H2,1-3H3,(H,26,27). The van der Waals surface area contributed by atoms with Crippen LogP contribution in [0.2, 0.25) is 0 Å². The lowest BCUT2D eigenvalue weighted by atomic mass is 9.95. The number of ether oxygens (including phenoxy) is 1. The van der Waals surface area contributed by atoms with Crippen LogP contribution in [0.15, 0.2) is 12.3 Å². The predicted octanol–water partition coefficient (Wildman–Crippen LogP) is 1.98. The Balaban J connectivity index is 1.59. The topological polar surface area (TPSA) is 100 Å². The first kappa shape index (κ1) is 19.5. The van der Waals surface area contributed by atoms with Gasteiger partial charge in [0.1, 0.15) is 11.4 Å². The van der Waals surface area contributed by atoms with Gasteiger partial charge in [-0.05, 0) is 27.2 Å². The summed E-state index contributed by atoms with van der Waals surface area (Å²) < 4.78 is 7.37. The zero-order valence-corrected chi connectivity index (χ0v) is 17.1. The molecule has 0 atom stereocenters. The molecule has 0 aromatic carbocycles. The average molecular weight is 401 g/mol. The van der Waals surface area contributed by atoms with Crippen LogP contribution in [0.3, 0.4) is 0 Å². The Bertz CT molecular complexity index is 942. The van der Waals surface area contributed by atoms with E-state index in [0.717, 1.165) is 22.7 Å². The molecule has 1 N–H and O–H groups in total. The molecule has 156 valence electrons. The Morgan fingerprint density at radius 2 is 1.97 bits per heavy atom.